The van der Waals surface area contributed by atoms with Crippen LogP contribution >= 0.6 is 0 Å². The molecule has 1 aromatic heterocycles. The molecule has 2 rings (SSSR count). The van der Waals surface area contributed by atoms with Gasteiger partial charge in [-0.05, 0) is 17.7 Å². The maximum absolute atomic E-state index is 12.1. The second-order valence-corrected chi connectivity index (χ2v) is 4.17. The van der Waals surface area contributed by atoms with Gasteiger partial charge in [0.2, 0.25) is 0 Å². The molecule has 0 atom stereocenters. The molecule has 0 fully saturated rings. The average Bonchev–Trinajstić information content (AvgIpc) is 2.38. The van der Waals surface area contributed by atoms with Gasteiger partial charge in [0.1, 0.15) is 5.75 Å². The first-order valence-corrected chi connectivity index (χ1v) is 5.90. The number of hydrogen-bond acceptors (Lipinski definition) is 4. The van der Waals surface area contributed by atoms with E-state index in [1.807, 2.05) is 0 Å². The number of aromatic hydroxyl groups is 1. The number of nitrogens with zero attached hydrogens (tertiary/aromatic N) is 2. The molecule has 0 aliphatic carbocycles. The summed E-state index contributed by atoms with van der Waals surface area (Å²) >= 11 is 0. The normalized spacial score (nSPS) is 10.6. The minimum atomic E-state index is -0.402. The number of hydrogen-bond donors (Lipinski definition) is 2. The molecule has 6 nitrogen and oxygen atoms in total. The number of benzene rings is 1. The highest BCUT2D eigenvalue weighted by Crippen LogP contribution is 2.11. The molecule has 0 unspecified atom stereocenters. The molecule has 0 aliphatic rings. The van der Waals surface area contributed by atoms with E-state index >= 15 is 0 Å². The van der Waals surface area contributed by atoms with Gasteiger partial charge in [-0.2, -0.15) is 0 Å². The molecular formula is C13H15N3O3. The van der Waals surface area contributed by atoms with Gasteiger partial charge in [0.05, 0.1) is 6.54 Å². The summed E-state index contributed by atoms with van der Waals surface area (Å²) < 4.78 is 2.51. The molecule has 0 aliphatic heterocycles. The van der Waals surface area contributed by atoms with E-state index in [0.717, 1.165) is 10.1 Å². The number of aromatic nitrogens is 2. The summed E-state index contributed by atoms with van der Waals surface area (Å²) in [5, 5.41) is 9.38. The van der Waals surface area contributed by atoms with Crippen molar-refractivity contribution in [3.05, 3.63) is 62.9 Å². The van der Waals surface area contributed by atoms with Gasteiger partial charge in [-0.1, -0.05) is 12.1 Å². The van der Waals surface area contributed by atoms with Gasteiger partial charge < -0.3 is 10.8 Å². The Bertz CT molecular complexity index is 688. The lowest BCUT2D eigenvalue weighted by atomic mass is 10.2. The summed E-state index contributed by atoms with van der Waals surface area (Å²) in [6.07, 6.45) is 1.45. The Balaban J connectivity index is 2.39. The fourth-order valence-corrected chi connectivity index (χ4v) is 1.86. The standard InChI is InChI=1S/C13H15N3O3/c14-5-7-16-12(18)4-6-15(13(16)19)9-10-2-1-3-11(17)8-10/h1-4,6,8,17H,5,7,9,14H2. The molecule has 0 saturated heterocycles. The average molecular weight is 261 g/mol. The first-order valence-electron chi connectivity index (χ1n) is 5.90. The summed E-state index contributed by atoms with van der Waals surface area (Å²) in [5.74, 6) is 0.140. The highest BCUT2D eigenvalue weighted by atomic mass is 16.3. The third-order valence-electron chi connectivity index (χ3n) is 2.76. The predicted molar refractivity (Wildman–Crippen MR) is 71.2 cm³/mol. The van der Waals surface area contributed by atoms with Crippen molar-refractivity contribution in [2.45, 2.75) is 13.1 Å². The molecule has 0 saturated carbocycles. The van der Waals surface area contributed by atoms with Crippen LogP contribution in [0.5, 0.6) is 5.75 Å². The molecule has 6 heteroatoms. The number of phenolic OH excluding ortho intramolecular Hbond substituents is 1. The van der Waals surface area contributed by atoms with Gasteiger partial charge >= 0.3 is 5.69 Å². The molecular weight excluding hydrogens is 246 g/mol. The van der Waals surface area contributed by atoms with Crippen LogP contribution in [0.3, 0.4) is 0 Å². The molecule has 0 radical (unpaired) electrons. The van der Waals surface area contributed by atoms with Crippen LogP contribution in [0.1, 0.15) is 5.56 Å². The van der Waals surface area contributed by atoms with E-state index < -0.39 is 5.69 Å². The van der Waals surface area contributed by atoms with Crippen molar-refractivity contribution in [1.29, 1.82) is 0 Å². The molecule has 0 bridgehead atoms. The Morgan fingerprint density at radius 3 is 2.68 bits per heavy atom. The summed E-state index contributed by atoms with van der Waals surface area (Å²) in [5.41, 5.74) is 5.40. The molecule has 3 N–H and O–H groups in total. The van der Waals surface area contributed by atoms with Crippen LogP contribution in [-0.4, -0.2) is 20.8 Å². The number of rotatable bonds is 4. The molecule has 0 spiro atoms. The molecule has 19 heavy (non-hydrogen) atoms. The van der Waals surface area contributed by atoms with Crippen molar-refractivity contribution in [2.75, 3.05) is 6.54 Å². The van der Waals surface area contributed by atoms with Crippen LogP contribution < -0.4 is 17.0 Å². The second kappa shape index (κ2) is 5.53. The van der Waals surface area contributed by atoms with Crippen LogP contribution in [0.2, 0.25) is 0 Å². The summed E-state index contributed by atoms with van der Waals surface area (Å²) in [6.45, 7) is 0.710. The Hall–Kier alpha value is -2.34. The summed E-state index contributed by atoms with van der Waals surface area (Å²) in [7, 11) is 0. The van der Waals surface area contributed by atoms with E-state index in [-0.39, 0.29) is 30.9 Å². The van der Waals surface area contributed by atoms with Crippen LogP contribution in [0.4, 0.5) is 0 Å². The Kier molecular flexibility index (Phi) is 3.82. The maximum atomic E-state index is 12.1. The smallest absolute Gasteiger partial charge is 0.331 e. The number of nitrogens with two attached hydrogens (primary N) is 1. The zero-order valence-corrected chi connectivity index (χ0v) is 10.3. The van der Waals surface area contributed by atoms with E-state index in [4.69, 9.17) is 5.73 Å². The van der Waals surface area contributed by atoms with Gasteiger partial charge in [-0.3, -0.25) is 13.9 Å². The monoisotopic (exact) mass is 261 g/mol. The second-order valence-electron chi connectivity index (χ2n) is 4.17. The first kappa shape index (κ1) is 13.1. The topological polar surface area (TPSA) is 90.2 Å². The van der Waals surface area contributed by atoms with Gasteiger partial charge in [0.25, 0.3) is 5.56 Å². The largest absolute Gasteiger partial charge is 0.508 e. The van der Waals surface area contributed by atoms with Crippen molar-refractivity contribution in [1.82, 2.24) is 9.13 Å². The van der Waals surface area contributed by atoms with Crippen molar-refractivity contribution >= 4 is 0 Å². The first-order chi connectivity index (χ1) is 9.11. The minimum absolute atomic E-state index is 0.140. The lowest BCUT2D eigenvalue weighted by Gasteiger charge is -2.09. The quantitative estimate of drug-likeness (QED) is 0.792. The van der Waals surface area contributed by atoms with Crippen LogP contribution in [-0.2, 0) is 13.1 Å². The van der Waals surface area contributed by atoms with E-state index in [1.165, 1.54) is 16.8 Å². The molecule has 1 heterocycles. The van der Waals surface area contributed by atoms with E-state index in [0.29, 0.717) is 0 Å². The van der Waals surface area contributed by atoms with Gasteiger partial charge in [0, 0.05) is 25.4 Å². The fourth-order valence-electron chi connectivity index (χ4n) is 1.86. The zero-order chi connectivity index (χ0) is 13.8. The third kappa shape index (κ3) is 2.92. The summed E-state index contributed by atoms with van der Waals surface area (Å²) in [4.78, 5) is 23.6. The Labute approximate surface area is 109 Å². The predicted octanol–water partition coefficient (Wildman–Crippen LogP) is -0.277. The minimum Gasteiger partial charge on any atom is -0.508 e. The van der Waals surface area contributed by atoms with Crippen LogP contribution in [0, 0.1) is 0 Å². The zero-order valence-electron chi connectivity index (χ0n) is 10.3. The van der Waals surface area contributed by atoms with Crippen molar-refractivity contribution in [3.63, 3.8) is 0 Å². The lowest BCUT2D eigenvalue weighted by molar-refractivity contribution is 0.474. The van der Waals surface area contributed by atoms with Crippen LogP contribution in [0.25, 0.3) is 0 Å². The fraction of sp³-hybridized carbons (Fsp3) is 0.231. The van der Waals surface area contributed by atoms with Gasteiger partial charge in [-0.25, -0.2) is 4.79 Å². The third-order valence-corrected chi connectivity index (χ3v) is 2.76. The summed E-state index contributed by atoms with van der Waals surface area (Å²) in [6, 6.07) is 7.96. The van der Waals surface area contributed by atoms with Gasteiger partial charge in [-0.15, -0.1) is 0 Å². The van der Waals surface area contributed by atoms with Gasteiger partial charge in [0.15, 0.2) is 0 Å². The Morgan fingerprint density at radius 1 is 1.21 bits per heavy atom. The Morgan fingerprint density at radius 2 is 2.00 bits per heavy atom. The molecule has 100 valence electrons. The SMILES string of the molecule is NCCn1c(=O)ccn(Cc2cccc(O)c2)c1=O. The van der Waals surface area contributed by atoms with Crippen LogP contribution in [0.15, 0.2) is 46.1 Å². The molecule has 1 aromatic carbocycles. The molecule has 2 aromatic rings. The molecule has 0 amide bonds. The number of phenols is 1. The van der Waals surface area contributed by atoms with Crippen molar-refractivity contribution < 1.29 is 5.11 Å². The van der Waals surface area contributed by atoms with E-state index in [1.54, 1.807) is 24.3 Å². The lowest BCUT2D eigenvalue weighted by Crippen LogP contribution is -2.40. The van der Waals surface area contributed by atoms with E-state index in [9.17, 15) is 14.7 Å². The van der Waals surface area contributed by atoms with Crippen molar-refractivity contribution in [3.8, 4) is 5.75 Å². The maximum Gasteiger partial charge on any atom is 0.331 e. The van der Waals surface area contributed by atoms with Crippen molar-refractivity contribution in [2.24, 2.45) is 5.73 Å². The highest BCUT2D eigenvalue weighted by molar-refractivity contribution is 5.27. The van der Waals surface area contributed by atoms with E-state index in [2.05, 4.69) is 0 Å². The highest BCUT2D eigenvalue weighted by Gasteiger charge is 2.05.